The molecule has 0 unspecified atom stereocenters. The molecule has 0 aliphatic carbocycles. The number of nitrogens with one attached hydrogen (secondary N) is 1. The summed E-state index contributed by atoms with van der Waals surface area (Å²) in [7, 11) is 1.42. The Balaban J connectivity index is 3.01. The van der Waals surface area contributed by atoms with Crippen molar-refractivity contribution in [1.29, 1.82) is 0 Å². The summed E-state index contributed by atoms with van der Waals surface area (Å²) in [6.07, 6.45) is 1.35. The predicted octanol–water partition coefficient (Wildman–Crippen LogP) is -0.0235. The molecule has 44 valence electrons. The Labute approximate surface area is 45.1 Å². The number of H-pyrrole nitrogens is 1. The quantitative estimate of drug-likeness (QED) is 0.559. The fourth-order valence-corrected chi connectivity index (χ4v) is 0.369. The first-order chi connectivity index (χ1) is 3.83. The molecule has 1 N–H and O–H groups in total. The molecule has 0 radical (unpaired) electrons. The van der Waals surface area contributed by atoms with Gasteiger partial charge in [-0.25, -0.2) is 4.79 Å². The highest BCUT2D eigenvalue weighted by molar-refractivity contribution is 4.93. The van der Waals surface area contributed by atoms with Gasteiger partial charge in [0.2, 0.25) is 0 Å². The lowest BCUT2D eigenvalue weighted by atomic mass is 10.9. The lowest BCUT2D eigenvalue weighted by Crippen LogP contribution is -1.92. The molecule has 4 heteroatoms. The third-order valence-corrected chi connectivity index (χ3v) is 0.702. The van der Waals surface area contributed by atoms with E-state index in [1.807, 2.05) is 0 Å². The monoisotopic (exact) mass is 115 g/mol. The summed E-state index contributed by atoms with van der Waals surface area (Å²) in [6.45, 7) is 0. The van der Waals surface area contributed by atoms with Crippen LogP contribution in [-0.2, 0) is 0 Å². The van der Waals surface area contributed by atoms with E-state index in [1.54, 1.807) is 0 Å². The summed E-state index contributed by atoms with van der Waals surface area (Å²) in [6, 6.07) is 0. The first-order valence-electron chi connectivity index (χ1n) is 2.05. The molecule has 8 heavy (non-hydrogen) atoms. The van der Waals surface area contributed by atoms with Crippen LogP contribution in [0.5, 0.6) is 5.95 Å². The second-order valence-electron chi connectivity index (χ2n) is 1.20. The molecule has 0 saturated heterocycles. The fraction of sp³-hybridized carbons (Fsp3) is 0.250. The molecule has 0 bridgehead atoms. The lowest BCUT2D eigenvalue weighted by Gasteiger charge is -1.83. The van der Waals surface area contributed by atoms with Gasteiger partial charge in [-0.05, 0) is 0 Å². The van der Waals surface area contributed by atoms with Gasteiger partial charge in [-0.1, -0.05) is 0 Å². The van der Waals surface area contributed by atoms with E-state index in [2.05, 4.69) is 14.1 Å². The van der Waals surface area contributed by atoms with Gasteiger partial charge in [0.25, 0.3) is 0 Å². The van der Waals surface area contributed by atoms with Gasteiger partial charge in [0.05, 0.1) is 13.3 Å². The summed E-state index contributed by atoms with van der Waals surface area (Å²) in [5.74, 6) is -0.295. The second-order valence-corrected chi connectivity index (χ2v) is 1.20. The molecule has 0 fully saturated rings. The van der Waals surface area contributed by atoms with Crippen LogP contribution in [0.3, 0.4) is 0 Å². The van der Waals surface area contributed by atoms with E-state index in [0.29, 0.717) is 0 Å². The Bertz CT molecular complexity index is 211. The van der Waals surface area contributed by atoms with Crippen molar-refractivity contribution in [1.82, 2.24) is 4.98 Å². The zero-order valence-electron chi connectivity index (χ0n) is 4.30. The number of rotatable bonds is 1. The molecule has 1 rings (SSSR count). The summed E-state index contributed by atoms with van der Waals surface area (Å²) in [5.41, 5.74) is 0. The van der Waals surface area contributed by atoms with Gasteiger partial charge in [-0.2, -0.15) is 0 Å². The minimum Gasteiger partial charge on any atom is -0.467 e. The zero-order chi connectivity index (χ0) is 5.98. The van der Waals surface area contributed by atoms with Crippen LogP contribution in [0.2, 0.25) is 0 Å². The Morgan fingerprint density at radius 1 is 1.88 bits per heavy atom. The average molecular weight is 115 g/mol. The van der Waals surface area contributed by atoms with E-state index >= 15 is 0 Å². The molecule has 1 aromatic rings. The maximum absolute atomic E-state index is 10.1. The standard InChI is InChI=1S/C4H5NO3/c1-7-3-2-5-4(6)8-3/h2H,1H3,(H,5,6). The van der Waals surface area contributed by atoms with Crippen LogP contribution >= 0.6 is 0 Å². The second kappa shape index (κ2) is 1.73. The van der Waals surface area contributed by atoms with Crippen LogP contribution in [0.4, 0.5) is 0 Å². The highest BCUT2D eigenvalue weighted by Gasteiger charge is 1.92. The van der Waals surface area contributed by atoms with Crippen molar-refractivity contribution in [3.63, 3.8) is 0 Å². The van der Waals surface area contributed by atoms with Crippen molar-refractivity contribution in [3.05, 3.63) is 16.7 Å². The first-order valence-corrected chi connectivity index (χ1v) is 2.05. The maximum Gasteiger partial charge on any atom is 0.419 e. The smallest absolute Gasteiger partial charge is 0.419 e. The summed E-state index contributed by atoms with van der Waals surface area (Å²) < 4.78 is 8.94. The molecule has 0 aromatic carbocycles. The number of aromatic amines is 1. The number of aromatic nitrogens is 1. The number of hydrogen-bond donors (Lipinski definition) is 1. The van der Waals surface area contributed by atoms with Gasteiger partial charge >= 0.3 is 11.7 Å². The average Bonchev–Trinajstić information content (AvgIpc) is 2.14. The molecule has 0 aliphatic rings. The van der Waals surface area contributed by atoms with E-state index in [1.165, 1.54) is 13.3 Å². The third-order valence-electron chi connectivity index (χ3n) is 0.702. The van der Waals surface area contributed by atoms with Crippen molar-refractivity contribution in [2.24, 2.45) is 0 Å². The highest BCUT2D eigenvalue weighted by atomic mass is 16.6. The molecule has 1 heterocycles. The third kappa shape index (κ3) is 0.726. The van der Waals surface area contributed by atoms with E-state index in [0.717, 1.165) is 0 Å². The molecule has 0 atom stereocenters. The number of hydrogen-bond acceptors (Lipinski definition) is 3. The minimum absolute atomic E-state index is 0.204. The predicted molar refractivity (Wildman–Crippen MR) is 25.9 cm³/mol. The molecule has 0 amide bonds. The van der Waals surface area contributed by atoms with Crippen LogP contribution in [-0.4, -0.2) is 12.1 Å². The van der Waals surface area contributed by atoms with E-state index < -0.39 is 5.76 Å². The highest BCUT2D eigenvalue weighted by Crippen LogP contribution is 2.00. The van der Waals surface area contributed by atoms with E-state index in [-0.39, 0.29) is 5.95 Å². The molecule has 0 saturated carbocycles. The van der Waals surface area contributed by atoms with Crippen LogP contribution in [0.1, 0.15) is 0 Å². The Hall–Kier alpha value is -1.19. The lowest BCUT2D eigenvalue weighted by molar-refractivity contribution is 0.295. The Morgan fingerprint density at radius 3 is 2.88 bits per heavy atom. The fourth-order valence-electron chi connectivity index (χ4n) is 0.369. The molecule has 4 nitrogen and oxygen atoms in total. The van der Waals surface area contributed by atoms with Crippen LogP contribution < -0.4 is 10.5 Å². The van der Waals surface area contributed by atoms with Crippen LogP contribution in [0, 0.1) is 0 Å². The summed E-state index contributed by atoms with van der Waals surface area (Å²) >= 11 is 0. The van der Waals surface area contributed by atoms with Crippen molar-refractivity contribution in [2.45, 2.75) is 0 Å². The van der Waals surface area contributed by atoms with Crippen molar-refractivity contribution in [3.8, 4) is 5.95 Å². The first kappa shape index (κ1) is 4.96. The molecule has 0 spiro atoms. The Kier molecular flexibility index (Phi) is 1.07. The van der Waals surface area contributed by atoms with Gasteiger partial charge in [0, 0.05) is 0 Å². The molecule has 0 aliphatic heterocycles. The maximum atomic E-state index is 10.1. The summed E-state index contributed by atoms with van der Waals surface area (Å²) in [5, 5.41) is 0. The van der Waals surface area contributed by atoms with E-state index in [4.69, 9.17) is 0 Å². The topological polar surface area (TPSA) is 55.2 Å². The minimum atomic E-state index is -0.498. The van der Waals surface area contributed by atoms with E-state index in [9.17, 15) is 4.79 Å². The van der Waals surface area contributed by atoms with Crippen LogP contribution in [0.15, 0.2) is 15.4 Å². The normalized spacial score (nSPS) is 9.12. The van der Waals surface area contributed by atoms with Gasteiger partial charge in [0.1, 0.15) is 0 Å². The number of methoxy groups -OCH3 is 1. The SMILES string of the molecule is COc1c[nH]c(=O)o1. The molecular weight excluding hydrogens is 110 g/mol. The zero-order valence-corrected chi connectivity index (χ0v) is 4.30. The van der Waals surface area contributed by atoms with Gasteiger partial charge in [-0.15, -0.1) is 0 Å². The van der Waals surface area contributed by atoms with Crippen molar-refractivity contribution < 1.29 is 9.15 Å². The number of oxazole rings is 1. The largest absolute Gasteiger partial charge is 0.467 e. The van der Waals surface area contributed by atoms with Gasteiger partial charge in [-0.3, -0.25) is 4.98 Å². The van der Waals surface area contributed by atoms with Crippen molar-refractivity contribution in [2.75, 3.05) is 7.11 Å². The van der Waals surface area contributed by atoms with Crippen molar-refractivity contribution >= 4 is 0 Å². The van der Waals surface area contributed by atoms with Gasteiger partial charge < -0.3 is 9.15 Å². The summed E-state index contributed by atoms with van der Waals surface area (Å²) in [4.78, 5) is 12.4. The number of ether oxygens (including phenoxy) is 1. The van der Waals surface area contributed by atoms with Crippen LogP contribution in [0.25, 0.3) is 0 Å². The molecule has 1 aromatic heterocycles. The molecular formula is C4H5NO3. The van der Waals surface area contributed by atoms with Gasteiger partial charge in [0.15, 0.2) is 0 Å². The Morgan fingerprint density at radius 2 is 2.62 bits per heavy atom.